The molecule has 2 aromatic heterocycles. The minimum atomic E-state index is -3.50. The molecule has 0 unspecified atom stereocenters. The Bertz CT molecular complexity index is 686. The standard InChI is InChI=1S/C12H15N4O4S/c1-20-21(18,19)5-4-16-3-2-11(8-15-16)12-13-6-10(9-17)7-14-12/h2-3,6-8,17H,4-5,9H2,1H3/q+1. The molecular weight excluding hydrogens is 296 g/mol. The van der Waals surface area contributed by atoms with Crippen molar-refractivity contribution in [3.05, 3.63) is 36.4 Å². The second-order valence-electron chi connectivity index (χ2n) is 4.18. The van der Waals surface area contributed by atoms with Gasteiger partial charge < -0.3 is 5.11 Å². The summed E-state index contributed by atoms with van der Waals surface area (Å²) in [7, 11) is -2.37. The molecule has 0 spiro atoms. The lowest BCUT2D eigenvalue weighted by Crippen LogP contribution is -2.40. The van der Waals surface area contributed by atoms with Crippen LogP contribution in [0.2, 0.25) is 0 Å². The van der Waals surface area contributed by atoms with Crippen LogP contribution in [0.5, 0.6) is 0 Å². The molecule has 0 bridgehead atoms. The predicted octanol–water partition coefficient (Wildman–Crippen LogP) is -0.705. The topological polar surface area (TPSA) is 106 Å². The van der Waals surface area contributed by atoms with Crippen molar-refractivity contribution in [1.29, 1.82) is 0 Å². The van der Waals surface area contributed by atoms with Crippen LogP contribution >= 0.6 is 0 Å². The maximum absolute atomic E-state index is 11.2. The van der Waals surface area contributed by atoms with Crippen molar-refractivity contribution in [3.8, 4) is 11.4 Å². The Morgan fingerprint density at radius 2 is 2.00 bits per heavy atom. The minimum Gasteiger partial charge on any atom is -0.392 e. The Kier molecular flexibility index (Phi) is 4.89. The van der Waals surface area contributed by atoms with Crippen LogP contribution in [0.4, 0.5) is 0 Å². The van der Waals surface area contributed by atoms with E-state index in [0.717, 1.165) is 7.11 Å². The Morgan fingerprint density at radius 3 is 2.52 bits per heavy atom. The third-order valence-electron chi connectivity index (χ3n) is 2.74. The summed E-state index contributed by atoms with van der Waals surface area (Å²) >= 11 is 0. The summed E-state index contributed by atoms with van der Waals surface area (Å²) in [5.41, 5.74) is 1.33. The maximum atomic E-state index is 11.2. The van der Waals surface area contributed by atoms with Gasteiger partial charge in [0.15, 0.2) is 18.6 Å². The number of nitrogens with zero attached hydrogens (tertiary/aromatic N) is 4. The molecule has 21 heavy (non-hydrogen) atoms. The van der Waals surface area contributed by atoms with Crippen molar-refractivity contribution in [2.24, 2.45) is 0 Å². The van der Waals surface area contributed by atoms with Gasteiger partial charge in [-0.2, -0.15) is 8.42 Å². The van der Waals surface area contributed by atoms with Gasteiger partial charge in [0, 0.05) is 29.6 Å². The van der Waals surface area contributed by atoms with E-state index >= 15 is 0 Å². The number of aryl methyl sites for hydroxylation is 1. The van der Waals surface area contributed by atoms with Gasteiger partial charge in [-0.1, -0.05) is 4.68 Å². The SMILES string of the molecule is COS(=O)(=O)CC[n+]1ccc(-c2ncc(CO)cn2)cn1. The van der Waals surface area contributed by atoms with Crippen LogP contribution < -0.4 is 4.68 Å². The lowest BCUT2D eigenvalue weighted by atomic mass is 10.3. The van der Waals surface area contributed by atoms with Crippen LogP contribution in [0.15, 0.2) is 30.9 Å². The highest BCUT2D eigenvalue weighted by Crippen LogP contribution is 2.10. The van der Waals surface area contributed by atoms with E-state index in [1.54, 1.807) is 18.5 Å². The molecule has 0 amide bonds. The lowest BCUT2D eigenvalue weighted by Gasteiger charge is -2.00. The highest BCUT2D eigenvalue weighted by atomic mass is 32.2. The van der Waals surface area contributed by atoms with Crippen molar-refractivity contribution in [1.82, 2.24) is 15.1 Å². The van der Waals surface area contributed by atoms with Gasteiger partial charge in [0.1, 0.15) is 11.9 Å². The van der Waals surface area contributed by atoms with Gasteiger partial charge in [0.2, 0.25) is 0 Å². The molecule has 0 aromatic carbocycles. The number of aliphatic hydroxyl groups is 1. The van der Waals surface area contributed by atoms with E-state index in [1.165, 1.54) is 17.1 Å². The van der Waals surface area contributed by atoms with Gasteiger partial charge in [0.25, 0.3) is 10.1 Å². The fourth-order valence-electron chi connectivity index (χ4n) is 1.52. The summed E-state index contributed by atoms with van der Waals surface area (Å²) in [6, 6.07) is 1.74. The van der Waals surface area contributed by atoms with Gasteiger partial charge in [-0.25, -0.2) is 9.97 Å². The molecule has 1 N–H and O–H groups in total. The minimum absolute atomic E-state index is 0.110. The van der Waals surface area contributed by atoms with Crippen molar-refractivity contribution in [3.63, 3.8) is 0 Å². The number of hydrogen-bond acceptors (Lipinski definition) is 7. The summed E-state index contributed by atoms with van der Waals surface area (Å²) in [5.74, 6) is 0.332. The average molecular weight is 311 g/mol. The quantitative estimate of drug-likeness (QED) is 0.555. The van der Waals surface area contributed by atoms with Crippen LogP contribution in [0.25, 0.3) is 11.4 Å². The van der Waals surface area contributed by atoms with Gasteiger partial charge >= 0.3 is 0 Å². The van der Waals surface area contributed by atoms with E-state index < -0.39 is 10.1 Å². The van der Waals surface area contributed by atoms with Crippen LogP contribution in [0, 0.1) is 0 Å². The van der Waals surface area contributed by atoms with Gasteiger partial charge in [-0.3, -0.25) is 4.18 Å². The highest BCUT2D eigenvalue weighted by molar-refractivity contribution is 7.86. The van der Waals surface area contributed by atoms with Crippen LogP contribution in [0.1, 0.15) is 5.56 Å². The van der Waals surface area contributed by atoms with Crippen molar-refractivity contribution in [2.75, 3.05) is 12.9 Å². The molecule has 0 saturated carbocycles. The van der Waals surface area contributed by atoms with Crippen molar-refractivity contribution in [2.45, 2.75) is 13.2 Å². The summed E-state index contributed by atoms with van der Waals surface area (Å²) in [6.07, 6.45) is 6.26. The molecule has 0 aliphatic heterocycles. The Balaban J connectivity index is 2.07. The van der Waals surface area contributed by atoms with Gasteiger partial charge in [0.05, 0.1) is 13.7 Å². The Morgan fingerprint density at radius 1 is 1.29 bits per heavy atom. The molecule has 0 atom stereocenters. The smallest absolute Gasteiger partial charge is 0.273 e. The van der Waals surface area contributed by atoms with E-state index in [4.69, 9.17) is 5.11 Å². The fraction of sp³-hybridized carbons (Fsp3) is 0.333. The zero-order valence-electron chi connectivity index (χ0n) is 11.4. The first-order valence-corrected chi connectivity index (χ1v) is 7.68. The second-order valence-corrected chi connectivity index (χ2v) is 6.04. The first-order chi connectivity index (χ1) is 10.0. The molecule has 0 aliphatic carbocycles. The summed E-state index contributed by atoms with van der Waals surface area (Å²) in [5, 5.41) is 13.0. The molecule has 0 radical (unpaired) electrons. The molecule has 112 valence electrons. The average Bonchev–Trinajstić information content (AvgIpc) is 2.54. The molecule has 0 saturated heterocycles. The summed E-state index contributed by atoms with van der Waals surface area (Å²) in [6.45, 7) is 0.0854. The molecule has 0 fully saturated rings. The van der Waals surface area contributed by atoms with Gasteiger partial charge in [-0.15, -0.1) is 0 Å². The molecular formula is C12H15N4O4S+. The van der Waals surface area contributed by atoms with E-state index in [0.29, 0.717) is 17.0 Å². The third kappa shape index (κ3) is 4.25. The zero-order chi connectivity index (χ0) is 15.3. The number of aliphatic hydroxyl groups excluding tert-OH is 1. The summed E-state index contributed by atoms with van der Waals surface area (Å²) in [4.78, 5) is 8.22. The molecule has 0 aliphatic rings. The first-order valence-electron chi connectivity index (χ1n) is 6.10. The van der Waals surface area contributed by atoms with Gasteiger partial charge in [-0.05, 0) is 5.10 Å². The van der Waals surface area contributed by atoms with Crippen molar-refractivity contribution < 1.29 is 22.4 Å². The monoisotopic (exact) mass is 311 g/mol. The molecule has 2 heterocycles. The molecule has 2 aromatic rings. The van der Waals surface area contributed by atoms with E-state index in [1.807, 2.05) is 0 Å². The number of aromatic nitrogens is 4. The molecule has 8 nitrogen and oxygen atoms in total. The van der Waals surface area contributed by atoms with E-state index in [2.05, 4.69) is 19.2 Å². The predicted molar refractivity (Wildman–Crippen MR) is 72.2 cm³/mol. The second kappa shape index (κ2) is 6.66. The fourth-order valence-corrected chi connectivity index (χ4v) is 2.10. The third-order valence-corrected chi connectivity index (χ3v) is 3.93. The Hall–Kier alpha value is -1.97. The van der Waals surface area contributed by atoms with E-state index in [-0.39, 0.29) is 18.9 Å². The number of rotatable bonds is 6. The lowest BCUT2D eigenvalue weighted by molar-refractivity contribution is -0.750. The van der Waals surface area contributed by atoms with Crippen LogP contribution in [0.3, 0.4) is 0 Å². The van der Waals surface area contributed by atoms with Crippen LogP contribution in [-0.2, 0) is 27.5 Å². The highest BCUT2D eigenvalue weighted by Gasteiger charge is 2.14. The maximum Gasteiger partial charge on any atom is 0.273 e. The van der Waals surface area contributed by atoms with E-state index in [9.17, 15) is 8.42 Å². The Labute approximate surface area is 122 Å². The number of hydrogen-bond donors (Lipinski definition) is 1. The largest absolute Gasteiger partial charge is 0.392 e. The normalized spacial score (nSPS) is 11.5. The zero-order valence-corrected chi connectivity index (χ0v) is 12.2. The first kappa shape index (κ1) is 15.4. The molecule has 9 heteroatoms. The van der Waals surface area contributed by atoms with Crippen LogP contribution in [-0.4, -0.2) is 41.5 Å². The summed E-state index contributed by atoms with van der Waals surface area (Å²) < 4.78 is 28.3. The van der Waals surface area contributed by atoms with Crippen molar-refractivity contribution >= 4 is 10.1 Å². The molecule has 2 rings (SSSR count).